The van der Waals surface area contributed by atoms with E-state index >= 15 is 0 Å². The van der Waals surface area contributed by atoms with E-state index < -0.39 is 11.1 Å². The maximum atomic E-state index is 10.3. The van der Waals surface area contributed by atoms with Crippen molar-refractivity contribution in [3.05, 3.63) is 33.6 Å². The number of rotatable bonds is 3. The highest BCUT2D eigenvalue weighted by Gasteiger charge is 1.99. The van der Waals surface area contributed by atoms with Crippen LogP contribution in [0.3, 0.4) is 0 Å². The van der Waals surface area contributed by atoms with Crippen molar-refractivity contribution in [1.29, 1.82) is 0 Å². The second-order valence-electron chi connectivity index (χ2n) is 2.45. The highest BCUT2D eigenvalue weighted by Crippen LogP contribution is 2.24. The van der Waals surface area contributed by atoms with E-state index in [0.29, 0.717) is 11.3 Å². The Balaban J connectivity index is 3.04. The molecule has 1 unspecified atom stereocenters. The molecule has 76 valence electrons. The van der Waals surface area contributed by atoms with Crippen LogP contribution in [0, 0.1) is 0 Å². The van der Waals surface area contributed by atoms with Gasteiger partial charge in [0.1, 0.15) is 5.75 Å². The molecule has 0 radical (unpaired) electrons. The van der Waals surface area contributed by atoms with Crippen LogP contribution >= 0.6 is 15.9 Å². The van der Waals surface area contributed by atoms with Crippen molar-refractivity contribution in [2.24, 2.45) is 0 Å². The SMILES string of the molecule is COc1ccc(Br)cc1C=CS(=O)[O-]. The van der Waals surface area contributed by atoms with E-state index in [-0.39, 0.29) is 0 Å². The van der Waals surface area contributed by atoms with Gasteiger partial charge in [-0.2, -0.15) is 0 Å². The molecule has 0 bridgehead atoms. The van der Waals surface area contributed by atoms with Gasteiger partial charge in [0.15, 0.2) is 0 Å². The number of benzene rings is 1. The van der Waals surface area contributed by atoms with E-state index in [4.69, 9.17) is 4.74 Å². The van der Waals surface area contributed by atoms with Crippen LogP contribution in [0.15, 0.2) is 28.1 Å². The number of hydrogen-bond donors (Lipinski definition) is 0. The van der Waals surface area contributed by atoms with Gasteiger partial charge in [0.2, 0.25) is 0 Å². The molecule has 0 amide bonds. The molecule has 1 aromatic carbocycles. The van der Waals surface area contributed by atoms with Crippen LogP contribution < -0.4 is 4.74 Å². The van der Waals surface area contributed by atoms with E-state index in [0.717, 1.165) is 9.88 Å². The maximum absolute atomic E-state index is 10.3. The van der Waals surface area contributed by atoms with Crippen molar-refractivity contribution in [2.45, 2.75) is 0 Å². The molecule has 1 aromatic rings. The summed E-state index contributed by atoms with van der Waals surface area (Å²) in [5.41, 5.74) is 0.714. The van der Waals surface area contributed by atoms with Gasteiger partial charge in [0.25, 0.3) is 0 Å². The van der Waals surface area contributed by atoms with Crippen LogP contribution in [0.25, 0.3) is 6.08 Å². The van der Waals surface area contributed by atoms with E-state index in [1.165, 1.54) is 13.2 Å². The first-order valence-corrected chi connectivity index (χ1v) is 5.66. The zero-order valence-electron chi connectivity index (χ0n) is 7.40. The van der Waals surface area contributed by atoms with Gasteiger partial charge in [0, 0.05) is 10.0 Å². The molecule has 0 aliphatic heterocycles. The molecule has 0 fully saturated rings. The Bertz CT molecular complexity index is 376. The van der Waals surface area contributed by atoms with Gasteiger partial charge >= 0.3 is 0 Å². The van der Waals surface area contributed by atoms with Crippen LogP contribution in [0.1, 0.15) is 5.56 Å². The summed E-state index contributed by atoms with van der Waals surface area (Å²) >= 11 is 1.10. The monoisotopic (exact) mass is 275 g/mol. The van der Waals surface area contributed by atoms with Crippen molar-refractivity contribution < 1.29 is 13.5 Å². The van der Waals surface area contributed by atoms with Crippen molar-refractivity contribution in [3.63, 3.8) is 0 Å². The molecular weight excluding hydrogens is 268 g/mol. The highest BCUT2D eigenvalue weighted by atomic mass is 79.9. The third-order valence-corrected chi connectivity index (χ3v) is 2.40. The zero-order chi connectivity index (χ0) is 10.6. The number of hydrogen-bond acceptors (Lipinski definition) is 3. The Labute approximate surface area is 93.2 Å². The Morgan fingerprint density at radius 3 is 2.86 bits per heavy atom. The van der Waals surface area contributed by atoms with E-state index in [1.54, 1.807) is 12.1 Å². The predicted octanol–water partition coefficient (Wildman–Crippen LogP) is 2.31. The third-order valence-electron chi connectivity index (χ3n) is 1.55. The lowest BCUT2D eigenvalue weighted by atomic mass is 10.2. The first kappa shape index (κ1) is 11.4. The molecular formula is C9H8BrO3S-. The fourth-order valence-electron chi connectivity index (χ4n) is 0.964. The fraction of sp³-hybridized carbons (Fsp3) is 0.111. The summed E-state index contributed by atoms with van der Waals surface area (Å²) in [5.74, 6) is 0.634. The lowest BCUT2D eigenvalue weighted by molar-refractivity contribution is 0.414. The van der Waals surface area contributed by atoms with Gasteiger partial charge in [-0.25, -0.2) is 0 Å². The predicted molar refractivity (Wildman–Crippen MR) is 58.6 cm³/mol. The van der Waals surface area contributed by atoms with Crippen LogP contribution in [0.2, 0.25) is 0 Å². The number of methoxy groups -OCH3 is 1. The number of halogens is 1. The normalized spacial score (nSPS) is 13.1. The average Bonchev–Trinajstić information content (AvgIpc) is 2.15. The molecule has 0 aromatic heterocycles. The molecule has 1 rings (SSSR count). The van der Waals surface area contributed by atoms with Gasteiger partial charge in [-0.1, -0.05) is 15.9 Å². The molecule has 0 aliphatic rings. The average molecular weight is 276 g/mol. The van der Waals surface area contributed by atoms with E-state index in [1.807, 2.05) is 6.07 Å². The molecule has 5 heteroatoms. The Kier molecular flexibility index (Phi) is 4.31. The topological polar surface area (TPSA) is 49.4 Å². The van der Waals surface area contributed by atoms with Gasteiger partial charge in [0.05, 0.1) is 7.11 Å². The Morgan fingerprint density at radius 2 is 2.29 bits per heavy atom. The maximum Gasteiger partial charge on any atom is 0.126 e. The Morgan fingerprint density at radius 1 is 1.57 bits per heavy atom. The number of ether oxygens (including phenoxy) is 1. The lowest BCUT2D eigenvalue weighted by Crippen LogP contribution is -1.87. The van der Waals surface area contributed by atoms with Gasteiger partial charge in [-0.3, -0.25) is 4.21 Å². The molecule has 0 N–H and O–H groups in total. The quantitative estimate of drug-likeness (QED) is 0.796. The molecule has 0 saturated carbocycles. The van der Waals surface area contributed by atoms with Crippen molar-refractivity contribution in [1.82, 2.24) is 0 Å². The smallest absolute Gasteiger partial charge is 0.126 e. The molecule has 0 heterocycles. The molecule has 0 spiro atoms. The molecule has 1 atom stereocenters. The summed E-state index contributed by atoms with van der Waals surface area (Å²) in [6.45, 7) is 0. The van der Waals surface area contributed by atoms with Crippen LogP contribution in [-0.4, -0.2) is 15.9 Å². The molecule has 3 nitrogen and oxygen atoms in total. The summed E-state index contributed by atoms with van der Waals surface area (Å²) in [5, 5.41) is 1.07. The summed E-state index contributed by atoms with van der Waals surface area (Å²) in [6, 6.07) is 5.37. The fourth-order valence-corrected chi connectivity index (χ4v) is 1.60. The van der Waals surface area contributed by atoms with Crippen LogP contribution in [-0.2, 0) is 11.1 Å². The van der Waals surface area contributed by atoms with Gasteiger partial charge in [-0.15, -0.1) is 0 Å². The van der Waals surface area contributed by atoms with Crippen LogP contribution in [0.5, 0.6) is 5.75 Å². The zero-order valence-corrected chi connectivity index (χ0v) is 9.80. The van der Waals surface area contributed by atoms with Crippen molar-refractivity contribution in [2.75, 3.05) is 7.11 Å². The summed E-state index contributed by atoms with van der Waals surface area (Å²) in [6.07, 6.45) is 1.48. The molecule has 14 heavy (non-hydrogen) atoms. The van der Waals surface area contributed by atoms with Crippen molar-refractivity contribution >= 4 is 33.1 Å². The van der Waals surface area contributed by atoms with E-state index in [2.05, 4.69) is 15.9 Å². The molecule has 0 aliphatic carbocycles. The molecule has 0 saturated heterocycles. The van der Waals surface area contributed by atoms with Crippen molar-refractivity contribution in [3.8, 4) is 5.75 Å². The van der Waals surface area contributed by atoms with Crippen LogP contribution in [0.4, 0.5) is 0 Å². The summed E-state index contributed by atoms with van der Waals surface area (Å²) < 4.78 is 26.6. The largest absolute Gasteiger partial charge is 0.769 e. The Hall–Kier alpha value is -0.650. The third kappa shape index (κ3) is 3.25. The first-order chi connectivity index (χ1) is 6.63. The van der Waals surface area contributed by atoms with E-state index in [9.17, 15) is 8.76 Å². The first-order valence-electron chi connectivity index (χ1n) is 3.73. The minimum atomic E-state index is -2.18. The highest BCUT2D eigenvalue weighted by molar-refractivity contribution is 9.10. The minimum Gasteiger partial charge on any atom is -0.769 e. The minimum absolute atomic E-state index is 0.634. The van der Waals surface area contributed by atoms with Gasteiger partial charge < -0.3 is 9.29 Å². The van der Waals surface area contributed by atoms with Gasteiger partial charge in [-0.05, 0) is 40.8 Å². The second-order valence-corrected chi connectivity index (χ2v) is 4.16. The second kappa shape index (κ2) is 5.29. The summed E-state index contributed by atoms with van der Waals surface area (Å²) in [7, 11) is 1.54. The standard InChI is InChI=1S/C9H9BrO3S/c1-13-9-3-2-8(10)6-7(9)4-5-14(11)12/h2-6H,1H3,(H,11,12)/p-1. The summed E-state index contributed by atoms with van der Waals surface area (Å²) in [4.78, 5) is 0. The lowest BCUT2D eigenvalue weighted by Gasteiger charge is -2.05.